The Labute approximate surface area is 206 Å². The van der Waals surface area contributed by atoms with E-state index in [1.807, 2.05) is 18.2 Å². The SMILES string of the molecule is CCCCCC(=O)OC(CN1CCN(c2ccccn2)CC1)Cn1c(O)c2c(c1O)C1CCC2O1. The first-order valence-electron chi connectivity index (χ1n) is 12.9. The number of aromatic hydroxyl groups is 2. The van der Waals surface area contributed by atoms with Crippen LogP contribution in [0.3, 0.4) is 0 Å². The van der Waals surface area contributed by atoms with Crippen molar-refractivity contribution in [1.82, 2.24) is 14.5 Å². The molecule has 2 N–H and O–H groups in total. The van der Waals surface area contributed by atoms with Crippen LogP contribution >= 0.6 is 0 Å². The van der Waals surface area contributed by atoms with E-state index < -0.39 is 6.10 Å². The monoisotopic (exact) mass is 484 g/mol. The second-order valence-corrected chi connectivity index (χ2v) is 9.82. The molecular formula is C26H36N4O5. The van der Waals surface area contributed by atoms with Crippen LogP contribution in [-0.2, 0) is 20.8 Å². The zero-order chi connectivity index (χ0) is 24.4. The van der Waals surface area contributed by atoms with Crippen LogP contribution in [-0.4, -0.2) is 69.5 Å². The first-order chi connectivity index (χ1) is 17.0. The lowest BCUT2D eigenvalue weighted by Crippen LogP contribution is -2.49. The number of hydrogen-bond donors (Lipinski definition) is 2. The second-order valence-electron chi connectivity index (χ2n) is 9.82. The molecule has 0 spiro atoms. The topological polar surface area (TPSA) is 100 Å². The normalized spacial score (nSPS) is 22.4. The van der Waals surface area contributed by atoms with Crippen LogP contribution in [0.25, 0.3) is 0 Å². The van der Waals surface area contributed by atoms with Crippen LogP contribution in [0.4, 0.5) is 5.82 Å². The maximum atomic E-state index is 12.6. The number of hydrogen-bond acceptors (Lipinski definition) is 8. The van der Waals surface area contributed by atoms with Crippen molar-refractivity contribution in [2.45, 2.75) is 70.3 Å². The van der Waals surface area contributed by atoms with Crippen LogP contribution in [0.15, 0.2) is 24.4 Å². The highest BCUT2D eigenvalue weighted by molar-refractivity contribution is 5.69. The van der Waals surface area contributed by atoms with Gasteiger partial charge in [0.15, 0.2) is 11.8 Å². The van der Waals surface area contributed by atoms with Gasteiger partial charge in [-0.1, -0.05) is 25.8 Å². The number of ether oxygens (including phenoxy) is 2. The van der Waals surface area contributed by atoms with Gasteiger partial charge in [0.1, 0.15) is 11.9 Å². The van der Waals surface area contributed by atoms with E-state index in [0.29, 0.717) is 24.1 Å². The fraction of sp³-hybridized carbons (Fsp3) is 0.615. The molecule has 3 aliphatic rings. The van der Waals surface area contributed by atoms with Gasteiger partial charge >= 0.3 is 5.97 Å². The molecule has 3 unspecified atom stereocenters. The third kappa shape index (κ3) is 4.97. The van der Waals surface area contributed by atoms with Gasteiger partial charge in [0, 0.05) is 45.3 Å². The Balaban J connectivity index is 1.27. The van der Waals surface area contributed by atoms with Gasteiger partial charge in [0.2, 0.25) is 0 Å². The lowest BCUT2D eigenvalue weighted by atomic mass is 9.95. The number of esters is 1. The summed E-state index contributed by atoms with van der Waals surface area (Å²) in [6.45, 7) is 6.17. The Morgan fingerprint density at radius 3 is 2.43 bits per heavy atom. The Morgan fingerprint density at radius 2 is 1.80 bits per heavy atom. The molecule has 5 heterocycles. The van der Waals surface area contributed by atoms with Crippen LogP contribution in [0.1, 0.15) is 68.8 Å². The van der Waals surface area contributed by atoms with Crippen molar-refractivity contribution in [2.24, 2.45) is 0 Å². The van der Waals surface area contributed by atoms with Gasteiger partial charge in [0.25, 0.3) is 0 Å². The van der Waals surface area contributed by atoms with Gasteiger partial charge < -0.3 is 24.6 Å². The first-order valence-corrected chi connectivity index (χ1v) is 12.9. The zero-order valence-corrected chi connectivity index (χ0v) is 20.4. The number of nitrogens with zero attached hydrogens (tertiary/aromatic N) is 4. The minimum Gasteiger partial charge on any atom is -0.494 e. The van der Waals surface area contributed by atoms with Crippen molar-refractivity contribution in [1.29, 1.82) is 0 Å². The number of anilines is 1. The maximum absolute atomic E-state index is 12.6. The van der Waals surface area contributed by atoms with Crippen LogP contribution in [0.2, 0.25) is 0 Å². The van der Waals surface area contributed by atoms with E-state index in [-0.39, 0.29) is 36.5 Å². The highest BCUT2D eigenvalue weighted by Gasteiger charge is 2.45. The smallest absolute Gasteiger partial charge is 0.306 e. The van der Waals surface area contributed by atoms with E-state index in [0.717, 1.165) is 64.1 Å². The van der Waals surface area contributed by atoms with E-state index in [2.05, 4.69) is 21.7 Å². The molecule has 0 radical (unpaired) electrons. The molecule has 5 rings (SSSR count). The summed E-state index contributed by atoms with van der Waals surface area (Å²) >= 11 is 0. The predicted molar refractivity (Wildman–Crippen MR) is 130 cm³/mol. The molecule has 2 bridgehead atoms. The van der Waals surface area contributed by atoms with Crippen molar-refractivity contribution in [2.75, 3.05) is 37.6 Å². The molecule has 9 heteroatoms. The van der Waals surface area contributed by atoms with Gasteiger partial charge in [0.05, 0.1) is 29.9 Å². The Morgan fingerprint density at radius 1 is 1.09 bits per heavy atom. The van der Waals surface area contributed by atoms with Gasteiger partial charge in [-0.2, -0.15) is 0 Å². The van der Waals surface area contributed by atoms with E-state index >= 15 is 0 Å². The fourth-order valence-corrected chi connectivity index (χ4v) is 5.59. The summed E-state index contributed by atoms with van der Waals surface area (Å²) < 4.78 is 13.3. The molecule has 9 nitrogen and oxygen atoms in total. The number of carbonyl (C=O) groups excluding carboxylic acids is 1. The molecular weight excluding hydrogens is 448 g/mol. The molecule has 0 aromatic carbocycles. The van der Waals surface area contributed by atoms with E-state index in [1.165, 1.54) is 4.57 Å². The number of rotatable bonds is 10. The highest BCUT2D eigenvalue weighted by Crippen LogP contribution is 2.57. The summed E-state index contributed by atoms with van der Waals surface area (Å²) in [7, 11) is 0. The van der Waals surface area contributed by atoms with E-state index in [1.54, 1.807) is 6.20 Å². The lowest BCUT2D eigenvalue weighted by Gasteiger charge is -2.37. The number of piperazine rings is 1. The molecule has 2 fully saturated rings. The lowest BCUT2D eigenvalue weighted by molar-refractivity contribution is -0.151. The average molecular weight is 485 g/mol. The van der Waals surface area contributed by atoms with Crippen molar-refractivity contribution < 1.29 is 24.5 Å². The molecule has 2 aromatic rings. The molecule has 0 saturated carbocycles. The standard InChI is InChI=1S/C26H36N4O5/c1-2-3-4-8-22(31)34-18(16-28-12-14-29(15-13-28)21-7-5-6-11-27-21)17-30-25(32)23-19-9-10-20(35-19)24(23)26(30)33/h5-7,11,18-20,32-33H,2-4,8-10,12-17H2,1H3. The number of aromatic nitrogens is 2. The molecule has 2 saturated heterocycles. The average Bonchev–Trinajstić information content (AvgIpc) is 3.55. The minimum atomic E-state index is -0.478. The predicted octanol–water partition coefficient (Wildman–Crippen LogP) is 3.51. The van der Waals surface area contributed by atoms with Crippen molar-refractivity contribution in [3.05, 3.63) is 35.5 Å². The number of carbonyl (C=O) groups is 1. The third-order valence-electron chi connectivity index (χ3n) is 7.42. The summed E-state index contributed by atoms with van der Waals surface area (Å²) in [6, 6.07) is 5.93. The largest absolute Gasteiger partial charge is 0.494 e. The summed E-state index contributed by atoms with van der Waals surface area (Å²) in [5, 5.41) is 21.9. The van der Waals surface area contributed by atoms with Gasteiger partial charge in [-0.3, -0.25) is 14.3 Å². The number of pyridine rings is 1. The van der Waals surface area contributed by atoms with Gasteiger partial charge in [-0.05, 0) is 31.4 Å². The molecule has 0 amide bonds. The minimum absolute atomic E-state index is 0.0386. The maximum Gasteiger partial charge on any atom is 0.306 e. The summed E-state index contributed by atoms with van der Waals surface area (Å²) in [5.74, 6) is 0.825. The van der Waals surface area contributed by atoms with Gasteiger partial charge in [-0.15, -0.1) is 0 Å². The summed E-state index contributed by atoms with van der Waals surface area (Å²) in [6.07, 6.45) is 5.94. The summed E-state index contributed by atoms with van der Waals surface area (Å²) in [5.41, 5.74) is 1.41. The van der Waals surface area contributed by atoms with Crippen molar-refractivity contribution >= 4 is 11.8 Å². The highest BCUT2D eigenvalue weighted by atomic mass is 16.5. The molecule has 0 aliphatic carbocycles. The van der Waals surface area contributed by atoms with Crippen molar-refractivity contribution in [3.8, 4) is 11.8 Å². The molecule has 3 aliphatic heterocycles. The van der Waals surface area contributed by atoms with Crippen molar-refractivity contribution in [3.63, 3.8) is 0 Å². The van der Waals surface area contributed by atoms with E-state index in [4.69, 9.17) is 9.47 Å². The second kappa shape index (κ2) is 10.5. The number of unbranched alkanes of at least 4 members (excludes halogenated alkanes) is 2. The van der Waals surface area contributed by atoms with E-state index in [9.17, 15) is 15.0 Å². The zero-order valence-electron chi connectivity index (χ0n) is 20.4. The van der Waals surface area contributed by atoms with Gasteiger partial charge in [-0.25, -0.2) is 4.98 Å². The number of fused-ring (bicyclic) bond motifs is 5. The summed E-state index contributed by atoms with van der Waals surface area (Å²) in [4.78, 5) is 21.6. The van der Waals surface area contributed by atoms with Crippen LogP contribution < -0.4 is 4.90 Å². The molecule has 2 aromatic heterocycles. The first kappa shape index (κ1) is 23.9. The molecule has 190 valence electrons. The van der Waals surface area contributed by atoms with Crippen LogP contribution in [0.5, 0.6) is 11.8 Å². The Bertz CT molecular complexity index is 985. The fourth-order valence-electron chi connectivity index (χ4n) is 5.59. The Hall–Kier alpha value is -2.78. The molecule has 3 atom stereocenters. The van der Waals surface area contributed by atoms with Crippen LogP contribution in [0, 0.1) is 0 Å². The Kier molecular flexibility index (Phi) is 7.15. The quantitative estimate of drug-likeness (QED) is 0.390. The third-order valence-corrected chi connectivity index (χ3v) is 7.42. The molecule has 35 heavy (non-hydrogen) atoms.